The van der Waals surface area contributed by atoms with Gasteiger partial charge in [-0.25, -0.2) is 4.98 Å². The minimum atomic E-state index is 0.430. The Balaban J connectivity index is 1.79. The summed E-state index contributed by atoms with van der Waals surface area (Å²) in [4.78, 5) is 8.85. The van der Waals surface area contributed by atoms with E-state index in [2.05, 4.69) is 31.0 Å². The zero-order valence-corrected chi connectivity index (χ0v) is 14.2. The first kappa shape index (κ1) is 15.3. The second-order valence-electron chi connectivity index (χ2n) is 6.39. The summed E-state index contributed by atoms with van der Waals surface area (Å²) in [5, 5.41) is 4.84. The molecule has 0 amide bonds. The average molecular weight is 309 g/mol. The summed E-state index contributed by atoms with van der Waals surface area (Å²) in [5.41, 5.74) is 1.31. The highest BCUT2D eigenvalue weighted by atomic mass is 32.1. The maximum absolute atomic E-state index is 5.55. The summed E-state index contributed by atoms with van der Waals surface area (Å²) in [5.74, 6) is 0.544. The van der Waals surface area contributed by atoms with Crippen molar-refractivity contribution >= 4 is 16.5 Å². The fourth-order valence-electron chi connectivity index (χ4n) is 2.71. The van der Waals surface area contributed by atoms with Gasteiger partial charge in [-0.2, -0.15) is 0 Å². The second kappa shape index (κ2) is 6.63. The highest BCUT2D eigenvalue weighted by molar-refractivity contribution is 7.15. The van der Waals surface area contributed by atoms with E-state index >= 15 is 0 Å². The lowest BCUT2D eigenvalue weighted by atomic mass is 10.0. The smallest absolute Gasteiger partial charge is 0.186 e. The lowest BCUT2D eigenvalue weighted by molar-refractivity contribution is 0.0989. The van der Waals surface area contributed by atoms with Crippen molar-refractivity contribution in [3.63, 3.8) is 0 Å². The molecule has 118 valence electrons. The topological polar surface area (TPSA) is 37.4 Å². The number of ether oxygens (including phenoxy) is 1. The molecule has 2 heterocycles. The fraction of sp³-hybridized carbons (Fsp3) is 0.812. The van der Waals surface area contributed by atoms with Crippen molar-refractivity contribution in [1.82, 2.24) is 10.3 Å². The Labute approximate surface area is 131 Å². The summed E-state index contributed by atoms with van der Waals surface area (Å²) in [6.07, 6.45) is 3.83. The van der Waals surface area contributed by atoms with Crippen LogP contribution in [0.4, 0.5) is 5.13 Å². The van der Waals surface area contributed by atoms with Gasteiger partial charge in [-0.1, -0.05) is 13.8 Å². The number of thiazole rings is 1. The zero-order valence-electron chi connectivity index (χ0n) is 13.4. The first-order valence-electron chi connectivity index (χ1n) is 8.26. The van der Waals surface area contributed by atoms with Gasteiger partial charge >= 0.3 is 0 Å². The van der Waals surface area contributed by atoms with E-state index < -0.39 is 0 Å². The molecule has 1 aromatic heterocycles. The monoisotopic (exact) mass is 309 g/mol. The van der Waals surface area contributed by atoms with E-state index in [-0.39, 0.29) is 0 Å². The Kier molecular flexibility index (Phi) is 4.82. The molecule has 2 unspecified atom stereocenters. The minimum absolute atomic E-state index is 0.430. The summed E-state index contributed by atoms with van der Waals surface area (Å²) in [6.45, 7) is 10.4. The SMILES string of the molecule is CCC(C)c1nc(N2CCOCC2C)sc1CNC1CC1. The predicted molar refractivity (Wildman–Crippen MR) is 88.3 cm³/mol. The van der Waals surface area contributed by atoms with Gasteiger partial charge < -0.3 is 15.0 Å². The molecule has 5 heteroatoms. The Hall–Kier alpha value is -0.650. The van der Waals surface area contributed by atoms with Crippen LogP contribution < -0.4 is 10.2 Å². The lowest BCUT2D eigenvalue weighted by Gasteiger charge is -2.32. The van der Waals surface area contributed by atoms with Gasteiger partial charge in [0.1, 0.15) is 0 Å². The van der Waals surface area contributed by atoms with Crippen LogP contribution >= 0.6 is 11.3 Å². The molecular weight excluding hydrogens is 282 g/mol. The molecule has 2 fully saturated rings. The Morgan fingerprint density at radius 1 is 1.48 bits per heavy atom. The molecule has 2 aliphatic rings. The molecule has 0 spiro atoms. The molecule has 4 nitrogen and oxygen atoms in total. The average Bonchev–Trinajstić information content (AvgIpc) is 3.23. The van der Waals surface area contributed by atoms with Crippen LogP contribution in [-0.2, 0) is 11.3 Å². The van der Waals surface area contributed by atoms with Crippen LogP contribution in [0.3, 0.4) is 0 Å². The van der Waals surface area contributed by atoms with Gasteiger partial charge in [0.15, 0.2) is 5.13 Å². The number of hydrogen-bond acceptors (Lipinski definition) is 5. The molecule has 0 bridgehead atoms. The van der Waals surface area contributed by atoms with Crippen LogP contribution in [0.25, 0.3) is 0 Å². The number of hydrogen-bond donors (Lipinski definition) is 1. The van der Waals surface area contributed by atoms with Gasteiger partial charge in [-0.15, -0.1) is 11.3 Å². The predicted octanol–water partition coefficient (Wildman–Crippen LogP) is 3.13. The van der Waals surface area contributed by atoms with Crippen LogP contribution in [0.15, 0.2) is 0 Å². The lowest BCUT2D eigenvalue weighted by Crippen LogP contribution is -2.43. The Morgan fingerprint density at radius 2 is 2.29 bits per heavy atom. The quantitative estimate of drug-likeness (QED) is 0.876. The van der Waals surface area contributed by atoms with Crippen molar-refractivity contribution in [2.24, 2.45) is 0 Å². The third-order valence-corrected chi connectivity index (χ3v) is 5.65. The number of nitrogens with zero attached hydrogens (tertiary/aromatic N) is 2. The normalized spacial score (nSPS) is 24.3. The van der Waals surface area contributed by atoms with Crippen LogP contribution in [0.5, 0.6) is 0 Å². The molecule has 1 saturated carbocycles. The van der Waals surface area contributed by atoms with Crippen molar-refractivity contribution in [1.29, 1.82) is 0 Å². The number of morpholine rings is 1. The van der Waals surface area contributed by atoms with Gasteiger partial charge in [-0.05, 0) is 32.1 Å². The highest BCUT2D eigenvalue weighted by Gasteiger charge is 2.26. The summed E-state index contributed by atoms with van der Waals surface area (Å²) < 4.78 is 5.55. The van der Waals surface area contributed by atoms with Gasteiger partial charge in [-0.3, -0.25) is 0 Å². The third kappa shape index (κ3) is 3.58. The van der Waals surface area contributed by atoms with E-state index in [1.165, 1.54) is 28.5 Å². The van der Waals surface area contributed by atoms with Crippen LogP contribution in [0.1, 0.15) is 56.5 Å². The number of nitrogens with one attached hydrogen (secondary N) is 1. The van der Waals surface area contributed by atoms with E-state index in [4.69, 9.17) is 9.72 Å². The number of aromatic nitrogens is 1. The highest BCUT2D eigenvalue weighted by Crippen LogP contribution is 2.34. The van der Waals surface area contributed by atoms with Crippen LogP contribution in [-0.4, -0.2) is 36.8 Å². The van der Waals surface area contributed by atoms with Crippen molar-refractivity contribution < 1.29 is 4.74 Å². The molecule has 1 aliphatic carbocycles. The van der Waals surface area contributed by atoms with Crippen molar-refractivity contribution in [3.8, 4) is 0 Å². The van der Waals surface area contributed by atoms with E-state index in [1.807, 2.05) is 11.3 Å². The number of anilines is 1. The molecule has 0 radical (unpaired) electrons. The fourth-order valence-corrected chi connectivity index (χ4v) is 3.97. The summed E-state index contributed by atoms with van der Waals surface area (Å²) in [6, 6.07) is 1.18. The Morgan fingerprint density at radius 3 is 2.95 bits per heavy atom. The largest absolute Gasteiger partial charge is 0.377 e. The van der Waals surface area contributed by atoms with Gasteiger partial charge in [0.25, 0.3) is 0 Å². The van der Waals surface area contributed by atoms with Crippen molar-refractivity contribution in [2.75, 3.05) is 24.7 Å². The minimum Gasteiger partial charge on any atom is -0.377 e. The summed E-state index contributed by atoms with van der Waals surface area (Å²) >= 11 is 1.88. The molecule has 21 heavy (non-hydrogen) atoms. The Bertz CT molecular complexity index is 472. The zero-order chi connectivity index (χ0) is 14.8. The standard InChI is InChI=1S/C16H27N3OS/c1-4-11(2)15-14(9-17-13-5-6-13)21-16(18-15)19-7-8-20-10-12(19)3/h11-13,17H,4-10H2,1-3H3. The third-order valence-electron chi connectivity index (χ3n) is 4.54. The van der Waals surface area contributed by atoms with Crippen LogP contribution in [0.2, 0.25) is 0 Å². The molecular formula is C16H27N3OS. The maximum Gasteiger partial charge on any atom is 0.186 e. The van der Waals surface area contributed by atoms with Crippen LogP contribution in [0, 0.1) is 0 Å². The second-order valence-corrected chi connectivity index (χ2v) is 7.45. The van der Waals surface area contributed by atoms with Gasteiger partial charge in [0, 0.05) is 24.0 Å². The summed E-state index contributed by atoms with van der Waals surface area (Å²) in [7, 11) is 0. The molecule has 0 aromatic carbocycles. The molecule has 2 atom stereocenters. The number of rotatable bonds is 6. The molecule has 3 rings (SSSR count). The molecule has 1 saturated heterocycles. The van der Waals surface area contributed by atoms with E-state index in [9.17, 15) is 0 Å². The first-order valence-corrected chi connectivity index (χ1v) is 9.08. The van der Waals surface area contributed by atoms with E-state index in [0.717, 1.165) is 38.8 Å². The first-order chi connectivity index (χ1) is 10.2. The molecule has 1 N–H and O–H groups in total. The maximum atomic E-state index is 5.55. The van der Waals surface area contributed by atoms with E-state index in [1.54, 1.807) is 0 Å². The molecule has 1 aromatic rings. The van der Waals surface area contributed by atoms with Crippen molar-refractivity contribution in [3.05, 3.63) is 10.6 Å². The van der Waals surface area contributed by atoms with Crippen molar-refractivity contribution in [2.45, 2.75) is 64.6 Å². The van der Waals surface area contributed by atoms with Gasteiger partial charge in [0.05, 0.1) is 24.9 Å². The van der Waals surface area contributed by atoms with Gasteiger partial charge in [0.2, 0.25) is 0 Å². The van der Waals surface area contributed by atoms with E-state index in [0.29, 0.717) is 12.0 Å². The molecule has 1 aliphatic heterocycles.